The molecule has 1 fully saturated rings. The van der Waals surface area contributed by atoms with E-state index in [1.165, 1.54) is 0 Å². The second-order valence-electron chi connectivity index (χ2n) is 11.4. The number of hydrogen-bond acceptors (Lipinski definition) is 4. The van der Waals surface area contributed by atoms with Crippen LogP contribution < -0.4 is 5.73 Å². The molecule has 0 aliphatic carbocycles. The normalized spacial score (nSPS) is 17.8. The first-order valence-electron chi connectivity index (χ1n) is 14.9. The van der Waals surface area contributed by atoms with Gasteiger partial charge in [0, 0.05) is 12.3 Å². The summed E-state index contributed by atoms with van der Waals surface area (Å²) in [7, 11) is 0. The summed E-state index contributed by atoms with van der Waals surface area (Å²) in [4.78, 5) is 0. The lowest BCUT2D eigenvalue weighted by atomic mass is 9.78. The van der Waals surface area contributed by atoms with Gasteiger partial charge < -0.3 is 20.7 Å². The van der Waals surface area contributed by atoms with Gasteiger partial charge in [-0.3, -0.25) is 0 Å². The lowest BCUT2D eigenvalue weighted by molar-refractivity contribution is -0.284. The molecule has 0 amide bonds. The number of ether oxygens (including phenoxy) is 1. The number of phenolic OH excluding ortho intramolecular Hbond substituents is 2. The van der Waals surface area contributed by atoms with E-state index in [1.807, 2.05) is 24.3 Å². The number of benzene rings is 2. The third-order valence-corrected chi connectivity index (χ3v) is 8.34. The lowest BCUT2D eigenvalue weighted by Gasteiger charge is -2.27. The van der Waals surface area contributed by atoms with Crippen molar-refractivity contribution in [1.82, 2.24) is 0 Å². The first-order valence-corrected chi connectivity index (χ1v) is 14.9. The molecule has 230 valence electrons. The average Bonchev–Trinajstić information content (AvgIpc) is 3.77. The van der Waals surface area contributed by atoms with E-state index >= 15 is 0 Å². The lowest BCUT2D eigenvalue weighted by Crippen LogP contribution is -2.36. The summed E-state index contributed by atoms with van der Waals surface area (Å²) in [5, 5.41) is 19.4. The molecule has 0 radical (unpaired) electrons. The molecular weight excluding hydrogens is 541 g/mol. The summed E-state index contributed by atoms with van der Waals surface area (Å²) in [5.41, 5.74) is 8.42. The van der Waals surface area contributed by atoms with Gasteiger partial charge in [0.25, 0.3) is 0 Å². The highest BCUT2D eigenvalue weighted by atomic mass is 19.4. The van der Waals surface area contributed by atoms with Crippen molar-refractivity contribution in [2.45, 2.75) is 107 Å². The van der Waals surface area contributed by atoms with E-state index in [0.717, 1.165) is 68.9 Å². The van der Waals surface area contributed by atoms with Crippen LogP contribution in [0.5, 0.6) is 11.5 Å². The maximum Gasteiger partial charge on any atom is 0.453 e. The molecule has 1 heterocycles. The summed E-state index contributed by atoms with van der Waals surface area (Å²) in [6.07, 6.45) is 2.59. The van der Waals surface area contributed by atoms with Crippen molar-refractivity contribution in [3.63, 3.8) is 0 Å². The molecule has 0 spiro atoms. The molecule has 0 saturated carbocycles. The monoisotopic (exact) mass is 585 g/mol. The number of unbranched alkanes of at least 4 members (excludes halogenated alkanes) is 6. The van der Waals surface area contributed by atoms with Gasteiger partial charge in [0.1, 0.15) is 11.5 Å². The molecule has 9 heteroatoms. The highest BCUT2D eigenvalue weighted by Crippen LogP contribution is 2.41. The Balaban J connectivity index is 1.36. The van der Waals surface area contributed by atoms with E-state index in [4.69, 9.17) is 10.5 Å². The first-order chi connectivity index (χ1) is 19.5. The predicted molar refractivity (Wildman–Crippen MR) is 150 cm³/mol. The summed E-state index contributed by atoms with van der Waals surface area (Å²) in [6.45, 7) is 1.04. The first kappa shape index (κ1) is 33.1. The van der Waals surface area contributed by atoms with Crippen molar-refractivity contribution in [3.05, 3.63) is 59.7 Å². The second kappa shape index (κ2) is 15.7. The van der Waals surface area contributed by atoms with Gasteiger partial charge in [0.05, 0.1) is 12.7 Å². The number of epoxide rings is 1. The van der Waals surface area contributed by atoms with E-state index in [1.54, 1.807) is 24.3 Å². The van der Waals surface area contributed by atoms with Crippen molar-refractivity contribution in [2.75, 3.05) is 13.2 Å². The number of nitrogens with two attached hydrogens (primary N) is 1. The van der Waals surface area contributed by atoms with E-state index in [-0.39, 0.29) is 41.8 Å². The van der Waals surface area contributed by atoms with E-state index < -0.39 is 18.5 Å². The Labute approximate surface area is 240 Å². The van der Waals surface area contributed by atoms with Gasteiger partial charge in [-0.2, -0.15) is 22.0 Å². The average molecular weight is 586 g/mol. The van der Waals surface area contributed by atoms with Crippen LogP contribution in [-0.2, 0) is 4.74 Å². The van der Waals surface area contributed by atoms with E-state index in [2.05, 4.69) is 0 Å². The van der Waals surface area contributed by atoms with E-state index in [0.29, 0.717) is 19.6 Å². The van der Waals surface area contributed by atoms with Crippen molar-refractivity contribution in [3.8, 4) is 11.5 Å². The van der Waals surface area contributed by atoms with Gasteiger partial charge in [-0.25, -0.2) is 0 Å². The number of hydrogen-bond donors (Lipinski definition) is 3. The fraction of sp³-hybridized carbons (Fsp3) is 0.625. The fourth-order valence-corrected chi connectivity index (χ4v) is 5.80. The predicted octanol–water partition coefficient (Wildman–Crippen LogP) is 8.82. The largest absolute Gasteiger partial charge is 0.508 e. The molecule has 4 atom stereocenters. The Morgan fingerprint density at radius 1 is 0.683 bits per heavy atom. The van der Waals surface area contributed by atoms with Crippen LogP contribution in [0.2, 0.25) is 0 Å². The zero-order chi connectivity index (χ0) is 29.9. The molecule has 1 saturated heterocycles. The van der Waals surface area contributed by atoms with Crippen molar-refractivity contribution in [2.24, 2.45) is 11.7 Å². The summed E-state index contributed by atoms with van der Waals surface area (Å²) < 4.78 is 68.9. The third-order valence-electron chi connectivity index (χ3n) is 8.34. The number of alkyl halides is 5. The number of rotatable bonds is 19. The Morgan fingerprint density at radius 3 is 1.59 bits per heavy atom. The van der Waals surface area contributed by atoms with Crippen molar-refractivity contribution >= 4 is 0 Å². The standard InChI is InChI=1S/C32H44F5NO3/c33-31(34,32(35,36)37)20-8-10-25(30-22-41-30)9-6-4-2-1-3-5-7-11-28(23-12-16-26(39)17-13-23)29(21-38)24-14-18-27(40)19-15-24/h12-19,25,28-30,39-40H,1-11,20-22,38H2. The molecule has 0 bridgehead atoms. The van der Waals surface area contributed by atoms with Gasteiger partial charge in [0.15, 0.2) is 0 Å². The fourth-order valence-electron chi connectivity index (χ4n) is 5.80. The third kappa shape index (κ3) is 10.7. The van der Waals surface area contributed by atoms with Gasteiger partial charge in [0.2, 0.25) is 0 Å². The van der Waals surface area contributed by atoms with Crippen LogP contribution in [0.25, 0.3) is 0 Å². The quantitative estimate of drug-likeness (QED) is 0.0874. The molecule has 41 heavy (non-hydrogen) atoms. The Kier molecular flexibility index (Phi) is 12.7. The molecule has 4 unspecified atom stereocenters. The molecule has 4 N–H and O–H groups in total. The zero-order valence-corrected chi connectivity index (χ0v) is 23.6. The minimum atomic E-state index is -5.48. The number of phenols is 2. The van der Waals surface area contributed by atoms with Crippen LogP contribution in [0.15, 0.2) is 48.5 Å². The molecule has 1 aliphatic heterocycles. The Morgan fingerprint density at radius 2 is 1.12 bits per heavy atom. The SMILES string of the molecule is NCC(c1ccc(O)cc1)C(CCCCCCCCCC(CCCC(F)(F)C(F)(F)F)C1CO1)c1ccc(O)cc1. The Hall–Kier alpha value is -2.39. The summed E-state index contributed by atoms with van der Waals surface area (Å²) >= 11 is 0. The highest BCUT2D eigenvalue weighted by molar-refractivity contribution is 5.34. The van der Waals surface area contributed by atoms with Gasteiger partial charge in [-0.05, 0) is 79.5 Å². The minimum Gasteiger partial charge on any atom is -0.508 e. The van der Waals surface area contributed by atoms with Crippen LogP contribution in [0.1, 0.15) is 100 Å². The smallest absolute Gasteiger partial charge is 0.453 e. The van der Waals surface area contributed by atoms with E-state index in [9.17, 15) is 32.2 Å². The molecule has 1 aliphatic rings. The molecule has 2 aromatic rings. The summed E-state index contributed by atoms with van der Waals surface area (Å²) in [6, 6.07) is 14.5. The highest BCUT2D eigenvalue weighted by Gasteiger charge is 2.56. The van der Waals surface area contributed by atoms with Crippen molar-refractivity contribution < 1.29 is 36.9 Å². The molecular formula is C32H44F5NO3. The number of aromatic hydroxyl groups is 2. The van der Waals surface area contributed by atoms with Gasteiger partial charge in [-0.15, -0.1) is 0 Å². The number of halogens is 5. The summed E-state index contributed by atoms with van der Waals surface area (Å²) in [5.74, 6) is -3.86. The topological polar surface area (TPSA) is 79.0 Å². The van der Waals surface area contributed by atoms with Crippen LogP contribution in [-0.4, -0.2) is 41.6 Å². The van der Waals surface area contributed by atoms with Crippen LogP contribution >= 0.6 is 0 Å². The van der Waals surface area contributed by atoms with Crippen LogP contribution in [0, 0.1) is 5.92 Å². The Bertz CT molecular complexity index is 1010. The van der Waals surface area contributed by atoms with Crippen LogP contribution in [0.3, 0.4) is 0 Å². The maximum atomic E-state index is 13.2. The second-order valence-corrected chi connectivity index (χ2v) is 11.4. The molecule has 3 rings (SSSR count). The maximum absolute atomic E-state index is 13.2. The molecule has 4 nitrogen and oxygen atoms in total. The van der Waals surface area contributed by atoms with Crippen molar-refractivity contribution in [1.29, 1.82) is 0 Å². The molecule has 2 aromatic carbocycles. The van der Waals surface area contributed by atoms with Gasteiger partial charge >= 0.3 is 12.1 Å². The minimum absolute atomic E-state index is 0.00922. The van der Waals surface area contributed by atoms with Crippen LogP contribution in [0.4, 0.5) is 22.0 Å². The zero-order valence-electron chi connectivity index (χ0n) is 23.6. The van der Waals surface area contributed by atoms with Gasteiger partial charge in [-0.1, -0.05) is 69.2 Å². The molecule has 0 aromatic heterocycles.